The molecule has 1 N–H and O–H groups in total. The number of nitrogens with zero attached hydrogens (tertiary/aromatic N) is 1. The second-order valence-electron chi connectivity index (χ2n) is 3.87. The normalized spacial score (nSPS) is 11.1. The average Bonchev–Trinajstić information content (AvgIpc) is 2.16. The standard InChI is InChI=1S/C12H14NO/c1-9(2)10-3-4-12-8-13(14)6-5-11(12)7-10/h3-9,14H,1-2H3/q+1. The number of benzene rings is 1. The molecule has 14 heavy (non-hydrogen) atoms. The monoisotopic (exact) mass is 188 g/mol. The van der Waals surface area contributed by atoms with Crippen molar-refractivity contribution in [3.05, 3.63) is 42.2 Å². The molecular weight excluding hydrogens is 174 g/mol. The third kappa shape index (κ3) is 1.55. The Morgan fingerprint density at radius 3 is 2.64 bits per heavy atom. The topological polar surface area (TPSA) is 24.1 Å². The van der Waals surface area contributed by atoms with Crippen LogP contribution >= 0.6 is 0 Å². The molecule has 2 aromatic rings. The summed E-state index contributed by atoms with van der Waals surface area (Å²) in [6.07, 6.45) is 3.35. The van der Waals surface area contributed by atoms with Crippen molar-refractivity contribution in [1.29, 1.82) is 0 Å². The van der Waals surface area contributed by atoms with Crippen molar-refractivity contribution >= 4 is 10.8 Å². The Morgan fingerprint density at radius 2 is 1.93 bits per heavy atom. The Labute approximate surface area is 83.4 Å². The zero-order chi connectivity index (χ0) is 10.1. The molecule has 1 aromatic carbocycles. The zero-order valence-corrected chi connectivity index (χ0v) is 8.44. The number of hydrogen-bond acceptors (Lipinski definition) is 1. The van der Waals surface area contributed by atoms with Gasteiger partial charge in [-0.2, -0.15) is 0 Å². The molecule has 0 aliphatic rings. The molecule has 0 fully saturated rings. The molecular formula is C12H14NO+. The quantitative estimate of drug-likeness (QED) is 0.539. The summed E-state index contributed by atoms with van der Waals surface area (Å²) in [5.74, 6) is 0.542. The van der Waals surface area contributed by atoms with E-state index in [4.69, 9.17) is 0 Å². The molecule has 1 heterocycles. The first-order chi connectivity index (χ1) is 6.66. The minimum Gasteiger partial charge on any atom is -0.285 e. The fourth-order valence-electron chi connectivity index (χ4n) is 1.56. The van der Waals surface area contributed by atoms with E-state index < -0.39 is 0 Å². The molecule has 0 amide bonds. The van der Waals surface area contributed by atoms with E-state index in [1.165, 1.54) is 10.9 Å². The SMILES string of the molecule is CC(C)c1ccc2c[n+](O)ccc2c1. The van der Waals surface area contributed by atoms with Gasteiger partial charge in [0, 0.05) is 10.8 Å². The summed E-state index contributed by atoms with van der Waals surface area (Å²) in [4.78, 5) is 0. The summed E-state index contributed by atoms with van der Waals surface area (Å²) in [5, 5.41) is 11.4. The molecule has 0 radical (unpaired) electrons. The van der Waals surface area contributed by atoms with Gasteiger partial charge in [-0.3, -0.25) is 5.21 Å². The first kappa shape index (κ1) is 9.00. The van der Waals surface area contributed by atoms with Crippen LogP contribution in [0.5, 0.6) is 0 Å². The molecule has 0 saturated carbocycles. The Kier molecular flexibility index (Phi) is 2.12. The summed E-state index contributed by atoms with van der Waals surface area (Å²) >= 11 is 0. The first-order valence-corrected chi connectivity index (χ1v) is 4.81. The smallest absolute Gasteiger partial charge is 0.230 e. The van der Waals surface area contributed by atoms with Crippen LogP contribution in [-0.2, 0) is 0 Å². The minimum atomic E-state index is 0.542. The van der Waals surface area contributed by atoms with Crippen LogP contribution in [0.4, 0.5) is 0 Å². The molecule has 2 heteroatoms. The van der Waals surface area contributed by atoms with Crippen molar-refractivity contribution in [1.82, 2.24) is 0 Å². The van der Waals surface area contributed by atoms with Crippen molar-refractivity contribution in [2.45, 2.75) is 19.8 Å². The Bertz CT molecular complexity index is 463. The molecule has 0 spiro atoms. The number of pyridine rings is 1. The Hall–Kier alpha value is -1.57. The Balaban J connectivity index is 2.62. The van der Waals surface area contributed by atoms with Gasteiger partial charge in [0.25, 0.3) is 0 Å². The second-order valence-corrected chi connectivity index (χ2v) is 3.87. The molecule has 0 atom stereocenters. The highest BCUT2D eigenvalue weighted by molar-refractivity contribution is 5.81. The van der Waals surface area contributed by atoms with Crippen LogP contribution in [0, 0.1) is 0 Å². The van der Waals surface area contributed by atoms with Gasteiger partial charge in [0.2, 0.25) is 12.4 Å². The fourth-order valence-corrected chi connectivity index (χ4v) is 1.56. The van der Waals surface area contributed by atoms with Crippen LogP contribution in [0.2, 0.25) is 0 Å². The Morgan fingerprint density at radius 1 is 1.14 bits per heavy atom. The molecule has 0 bridgehead atoms. The lowest BCUT2D eigenvalue weighted by Gasteiger charge is -2.05. The molecule has 1 aromatic heterocycles. The predicted octanol–water partition coefficient (Wildman–Crippen LogP) is 2.49. The first-order valence-electron chi connectivity index (χ1n) is 4.81. The summed E-state index contributed by atoms with van der Waals surface area (Å²) in [5.41, 5.74) is 1.33. The predicted molar refractivity (Wildman–Crippen MR) is 55.4 cm³/mol. The average molecular weight is 188 g/mol. The van der Waals surface area contributed by atoms with Gasteiger partial charge in [-0.25, -0.2) is 0 Å². The van der Waals surface area contributed by atoms with Gasteiger partial charge in [-0.05, 0) is 22.9 Å². The van der Waals surface area contributed by atoms with Crippen LogP contribution in [0.25, 0.3) is 10.8 Å². The van der Waals surface area contributed by atoms with Crippen LogP contribution in [0.3, 0.4) is 0 Å². The lowest BCUT2D eigenvalue weighted by molar-refractivity contribution is -0.903. The maximum atomic E-state index is 9.23. The van der Waals surface area contributed by atoms with Crippen LogP contribution in [-0.4, -0.2) is 5.21 Å². The lowest BCUT2D eigenvalue weighted by Crippen LogP contribution is -2.27. The van der Waals surface area contributed by atoms with E-state index >= 15 is 0 Å². The minimum absolute atomic E-state index is 0.542. The third-order valence-electron chi connectivity index (χ3n) is 2.46. The molecule has 0 unspecified atom stereocenters. The summed E-state index contributed by atoms with van der Waals surface area (Å²) in [7, 11) is 0. The van der Waals surface area contributed by atoms with Gasteiger partial charge in [-0.15, -0.1) is 0 Å². The van der Waals surface area contributed by atoms with Crippen molar-refractivity contribution in [2.75, 3.05) is 0 Å². The number of aromatic nitrogens is 1. The van der Waals surface area contributed by atoms with E-state index in [9.17, 15) is 5.21 Å². The van der Waals surface area contributed by atoms with Crippen molar-refractivity contribution in [3.8, 4) is 0 Å². The van der Waals surface area contributed by atoms with Crippen LogP contribution in [0.15, 0.2) is 36.7 Å². The summed E-state index contributed by atoms with van der Waals surface area (Å²) in [6.45, 7) is 4.35. The van der Waals surface area contributed by atoms with Crippen molar-refractivity contribution in [3.63, 3.8) is 0 Å². The van der Waals surface area contributed by atoms with Crippen LogP contribution in [0.1, 0.15) is 25.3 Å². The van der Waals surface area contributed by atoms with E-state index in [1.807, 2.05) is 12.1 Å². The third-order valence-corrected chi connectivity index (χ3v) is 2.46. The van der Waals surface area contributed by atoms with E-state index in [0.717, 1.165) is 10.1 Å². The molecule has 0 aliphatic heterocycles. The maximum Gasteiger partial charge on any atom is 0.230 e. The molecule has 2 rings (SSSR count). The van der Waals surface area contributed by atoms with E-state index in [1.54, 1.807) is 12.4 Å². The lowest BCUT2D eigenvalue weighted by atomic mass is 10.0. The highest BCUT2D eigenvalue weighted by atomic mass is 16.5. The van der Waals surface area contributed by atoms with Crippen molar-refractivity contribution < 1.29 is 9.94 Å². The molecule has 72 valence electrons. The fraction of sp³-hybridized carbons (Fsp3) is 0.250. The zero-order valence-electron chi connectivity index (χ0n) is 8.44. The van der Waals surface area contributed by atoms with Gasteiger partial charge in [0.15, 0.2) is 0 Å². The van der Waals surface area contributed by atoms with Crippen molar-refractivity contribution in [2.24, 2.45) is 0 Å². The van der Waals surface area contributed by atoms with Gasteiger partial charge in [0.05, 0.1) is 5.39 Å². The maximum absolute atomic E-state index is 9.23. The molecule has 0 saturated heterocycles. The number of fused-ring (bicyclic) bond motifs is 1. The molecule has 0 aliphatic carbocycles. The van der Waals surface area contributed by atoms with E-state index in [0.29, 0.717) is 5.92 Å². The van der Waals surface area contributed by atoms with Gasteiger partial charge in [0.1, 0.15) is 0 Å². The van der Waals surface area contributed by atoms with Gasteiger partial charge < -0.3 is 0 Å². The highest BCUT2D eigenvalue weighted by Gasteiger charge is 2.03. The summed E-state index contributed by atoms with van der Waals surface area (Å²) < 4.78 is 1.08. The highest BCUT2D eigenvalue weighted by Crippen LogP contribution is 2.19. The van der Waals surface area contributed by atoms with Gasteiger partial charge in [-0.1, -0.05) is 26.0 Å². The van der Waals surface area contributed by atoms with E-state index in [2.05, 4.69) is 26.0 Å². The summed E-state index contributed by atoms with van der Waals surface area (Å²) in [6, 6.07) is 8.23. The van der Waals surface area contributed by atoms with Gasteiger partial charge >= 0.3 is 0 Å². The second kappa shape index (κ2) is 3.29. The number of rotatable bonds is 1. The number of hydrogen-bond donors (Lipinski definition) is 1. The molecule has 2 nitrogen and oxygen atoms in total. The van der Waals surface area contributed by atoms with E-state index in [-0.39, 0.29) is 0 Å². The van der Waals surface area contributed by atoms with Crippen LogP contribution < -0.4 is 4.73 Å². The largest absolute Gasteiger partial charge is 0.285 e.